The second-order valence-electron chi connectivity index (χ2n) is 5.80. The number of rotatable bonds is 4. The Hall–Kier alpha value is -1.93. The van der Waals surface area contributed by atoms with Crippen molar-refractivity contribution in [3.63, 3.8) is 0 Å². The van der Waals surface area contributed by atoms with Crippen LogP contribution in [0, 0.1) is 0 Å². The lowest BCUT2D eigenvalue weighted by molar-refractivity contribution is -0.235. The van der Waals surface area contributed by atoms with Gasteiger partial charge in [0, 0.05) is 0 Å². The number of ether oxygens (including phenoxy) is 1. The first kappa shape index (κ1) is 18.8. The minimum absolute atomic E-state index is 0.322. The summed E-state index contributed by atoms with van der Waals surface area (Å²) in [6.07, 6.45) is -3.24. The first-order chi connectivity index (χ1) is 11.9. The molecule has 1 fully saturated rings. The largest absolute Gasteiger partial charge is 0.470 e. The number of anilines is 1. The Morgan fingerprint density at radius 2 is 2.23 bits per heavy atom. The molecule has 144 valence electrons. The standard InChI is InChI=1S/C11H15FN5O8P/c1-10(25-26(21,22)23)4(2-18)24-11(12,8(10)20)17-3-14-5-6(17)15-9(13)16-7(5)19/h3-4,8,18,20H,2H2,1H3,(H2,21,22,23)(H3,13,15,16,19)/t4-,8-,10-,11+/m1/s1. The average Bonchev–Trinajstić information content (AvgIpc) is 3.00. The van der Waals surface area contributed by atoms with Gasteiger partial charge in [-0.2, -0.15) is 9.37 Å². The number of aromatic amines is 1. The fraction of sp³-hybridized carbons (Fsp3) is 0.545. The molecule has 0 spiro atoms. The van der Waals surface area contributed by atoms with Gasteiger partial charge in [0.15, 0.2) is 17.3 Å². The molecule has 0 aliphatic carbocycles. The zero-order valence-corrected chi connectivity index (χ0v) is 14.0. The third kappa shape index (κ3) is 2.72. The van der Waals surface area contributed by atoms with E-state index in [1.165, 1.54) is 0 Å². The maximum Gasteiger partial charge on any atom is 0.470 e. The van der Waals surface area contributed by atoms with Gasteiger partial charge in [0.1, 0.15) is 18.0 Å². The fourth-order valence-electron chi connectivity index (χ4n) is 2.83. The number of halogens is 1. The van der Waals surface area contributed by atoms with Crippen molar-refractivity contribution in [3.8, 4) is 0 Å². The van der Waals surface area contributed by atoms with Gasteiger partial charge in [0.25, 0.3) is 5.56 Å². The number of hydrogen-bond acceptors (Lipinski definition) is 9. The third-order valence-corrected chi connectivity index (χ3v) is 4.69. The van der Waals surface area contributed by atoms with Crippen LogP contribution in [-0.4, -0.2) is 63.9 Å². The number of H-pyrrole nitrogens is 1. The Morgan fingerprint density at radius 3 is 2.81 bits per heavy atom. The summed E-state index contributed by atoms with van der Waals surface area (Å²) in [5.41, 5.74) is 1.57. The number of nitrogens with zero attached hydrogens (tertiary/aromatic N) is 3. The van der Waals surface area contributed by atoms with Gasteiger partial charge in [-0.25, -0.2) is 9.55 Å². The highest BCUT2D eigenvalue weighted by molar-refractivity contribution is 7.46. The van der Waals surface area contributed by atoms with Crippen LogP contribution in [0.4, 0.5) is 10.3 Å². The minimum Gasteiger partial charge on any atom is -0.394 e. The Morgan fingerprint density at radius 1 is 1.58 bits per heavy atom. The summed E-state index contributed by atoms with van der Waals surface area (Å²) in [7, 11) is -5.20. The number of imidazole rings is 1. The molecule has 1 saturated heterocycles. The average molecular weight is 395 g/mol. The van der Waals surface area contributed by atoms with Crippen LogP contribution in [0.1, 0.15) is 6.92 Å². The minimum atomic E-state index is -5.20. The number of hydrogen-bond donors (Lipinski definition) is 6. The maximum atomic E-state index is 15.6. The van der Waals surface area contributed by atoms with Crippen LogP contribution < -0.4 is 11.3 Å². The molecule has 2 aromatic rings. The molecule has 13 nitrogen and oxygen atoms in total. The molecule has 0 unspecified atom stereocenters. The van der Waals surface area contributed by atoms with Crippen LogP contribution in [0.3, 0.4) is 0 Å². The van der Waals surface area contributed by atoms with Gasteiger partial charge in [-0.15, -0.1) is 0 Å². The number of nitrogens with two attached hydrogens (primary N) is 1. The molecular formula is C11H15FN5O8P. The summed E-state index contributed by atoms with van der Waals surface area (Å²) in [6.45, 7) is 0.00863. The van der Waals surface area contributed by atoms with Crippen molar-refractivity contribution >= 4 is 24.9 Å². The zero-order valence-electron chi connectivity index (χ0n) is 13.1. The van der Waals surface area contributed by atoms with E-state index in [1.54, 1.807) is 0 Å². The summed E-state index contributed by atoms with van der Waals surface area (Å²) in [5.74, 6) is -3.59. The monoisotopic (exact) mass is 395 g/mol. The van der Waals surface area contributed by atoms with E-state index in [-0.39, 0.29) is 11.5 Å². The molecule has 0 amide bonds. The molecule has 3 heterocycles. The molecule has 0 aromatic carbocycles. The van der Waals surface area contributed by atoms with Crippen molar-refractivity contribution in [1.29, 1.82) is 0 Å². The molecule has 1 aliphatic rings. The van der Waals surface area contributed by atoms with Gasteiger partial charge >= 0.3 is 13.8 Å². The first-order valence-corrected chi connectivity index (χ1v) is 8.60. The summed E-state index contributed by atoms with van der Waals surface area (Å²) in [6, 6.07) is 0. The SMILES string of the molecule is C[C@]1(OP(=O)(O)O)[C@@H](O)[C@](F)(n2cnc3c(=O)[nH]c(N)nc32)O[C@@H]1CO. The van der Waals surface area contributed by atoms with Gasteiger partial charge in [-0.3, -0.25) is 18.9 Å². The molecule has 1 aliphatic heterocycles. The Kier molecular flexibility index (Phi) is 4.19. The lowest BCUT2D eigenvalue weighted by atomic mass is 9.94. The normalized spacial score (nSPS) is 32.4. The maximum absolute atomic E-state index is 15.6. The second-order valence-corrected chi connectivity index (χ2v) is 6.97. The summed E-state index contributed by atoms with van der Waals surface area (Å²) < 4.78 is 36.8. The van der Waals surface area contributed by atoms with Gasteiger partial charge < -0.3 is 30.5 Å². The molecular weight excluding hydrogens is 380 g/mol. The topological polar surface area (TPSA) is 206 Å². The number of fused-ring (bicyclic) bond motifs is 1. The van der Waals surface area contributed by atoms with Crippen molar-refractivity contribution < 1.29 is 38.2 Å². The van der Waals surface area contributed by atoms with Crippen LogP contribution >= 0.6 is 7.82 Å². The predicted octanol–water partition coefficient (Wildman–Crippen LogP) is -2.10. The van der Waals surface area contributed by atoms with Crippen LogP contribution in [0.2, 0.25) is 0 Å². The number of nitrogens with one attached hydrogen (secondary N) is 1. The lowest BCUT2D eigenvalue weighted by Crippen LogP contribution is -2.51. The molecule has 3 rings (SSSR count). The van der Waals surface area contributed by atoms with Gasteiger partial charge in [-0.1, -0.05) is 0 Å². The Labute approximate surface area is 143 Å². The number of phosphoric ester groups is 1. The molecule has 7 N–H and O–H groups in total. The highest BCUT2D eigenvalue weighted by Crippen LogP contribution is 2.52. The zero-order chi connectivity index (χ0) is 19.5. The number of aromatic nitrogens is 4. The van der Waals surface area contributed by atoms with E-state index >= 15 is 4.39 Å². The van der Waals surface area contributed by atoms with E-state index in [2.05, 4.69) is 19.5 Å². The van der Waals surface area contributed by atoms with Gasteiger partial charge in [0.2, 0.25) is 5.95 Å². The molecule has 0 bridgehead atoms. The molecule has 4 atom stereocenters. The van der Waals surface area contributed by atoms with E-state index in [9.17, 15) is 19.6 Å². The number of alkyl halides is 1. The number of aliphatic hydroxyl groups excluding tert-OH is 2. The van der Waals surface area contributed by atoms with E-state index < -0.39 is 49.4 Å². The Bertz CT molecular complexity index is 960. The van der Waals surface area contributed by atoms with Crippen molar-refractivity contribution in [2.75, 3.05) is 12.3 Å². The van der Waals surface area contributed by atoms with Crippen LogP contribution in [0.25, 0.3) is 11.2 Å². The molecule has 0 saturated carbocycles. The summed E-state index contributed by atoms with van der Waals surface area (Å²) >= 11 is 0. The molecule has 0 radical (unpaired) electrons. The van der Waals surface area contributed by atoms with Crippen LogP contribution in [0.15, 0.2) is 11.1 Å². The van der Waals surface area contributed by atoms with Gasteiger partial charge in [-0.05, 0) is 6.92 Å². The first-order valence-electron chi connectivity index (χ1n) is 7.07. The van der Waals surface area contributed by atoms with Crippen LogP contribution in [-0.2, 0) is 19.8 Å². The fourth-order valence-corrected chi connectivity index (χ4v) is 3.56. The third-order valence-electron chi connectivity index (χ3n) is 4.06. The lowest BCUT2D eigenvalue weighted by Gasteiger charge is -2.32. The quantitative estimate of drug-likeness (QED) is 0.309. The summed E-state index contributed by atoms with van der Waals surface area (Å²) in [5, 5.41) is 19.8. The number of aliphatic hydroxyl groups is 2. The molecule has 2 aromatic heterocycles. The van der Waals surface area contributed by atoms with Crippen molar-refractivity contribution in [2.45, 2.75) is 30.7 Å². The van der Waals surface area contributed by atoms with Gasteiger partial charge in [0.05, 0.1) is 6.61 Å². The number of phosphoric acid groups is 1. The molecule has 26 heavy (non-hydrogen) atoms. The van der Waals surface area contributed by atoms with E-state index in [0.717, 1.165) is 13.3 Å². The van der Waals surface area contributed by atoms with E-state index in [4.69, 9.17) is 20.3 Å². The van der Waals surface area contributed by atoms with Crippen LogP contribution in [0.5, 0.6) is 0 Å². The summed E-state index contributed by atoms with van der Waals surface area (Å²) in [4.78, 5) is 39.4. The smallest absolute Gasteiger partial charge is 0.394 e. The van der Waals surface area contributed by atoms with Crippen molar-refractivity contribution in [3.05, 3.63) is 16.7 Å². The molecule has 15 heteroatoms. The highest BCUT2D eigenvalue weighted by Gasteiger charge is 2.66. The highest BCUT2D eigenvalue weighted by atomic mass is 31.2. The Balaban J connectivity index is 2.16. The van der Waals surface area contributed by atoms with Crippen molar-refractivity contribution in [1.82, 2.24) is 19.5 Å². The predicted molar refractivity (Wildman–Crippen MR) is 81.1 cm³/mol. The number of nitrogen functional groups attached to an aromatic ring is 1. The van der Waals surface area contributed by atoms with Crippen molar-refractivity contribution in [2.24, 2.45) is 0 Å². The second kappa shape index (κ2) is 5.79. The van der Waals surface area contributed by atoms with E-state index in [1.807, 2.05) is 0 Å². The van der Waals surface area contributed by atoms with E-state index in [0.29, 0.717) is 4.57 Å².